The highest BCUT2D eigenvalue weighted by atomic mass is 16.4. The van der Waals surface area contributed by atoms with E-state index < -0.39 is 0 Å². The van der Waals surface area contributed by atoms with Crippen molar-refractivity contribution in [1.29, 1.82) is 0 Å². The molecule has 0 heterocycles. The van der Waals surface area contributed by atoms with Crippen LogP contribution in [-0.4, -0.2) is 36.0 Å². The van der Waals surface area contributed by atoms with Crippen molar-refractivity contribution in [3.8, 4) is 0 Å². The highest BCUT2D eigenvalue weighted by Gasteiger charge is 2.16. The van der Waals surface area contributed by atoms with Crippen molar-refractivity contribution in [1.82, 2.24) is 4.90 Å². The van der Waals surface area contributed by atoms with Gasteiger partial charge in [-0.1, -0.05) is 0 Å². The molecule has 0 spiro atoms. The second-order valence-corrected chi connectivity index (χ2v) is 2.79. The average Bonchev–Trinajstić information content (AvgIpc) is 1.65. The summed E-state index contributed by atoms with van der Waals surface area (Å²) in [4.78, 5) is 1.96. The Bertz CT molecular complexity index is 108. The summed E-state index contributed by atoms with van der Waals surface area (Å²) < 4.78 is 0. The first-order valence-corrected chi connectivity index (χ1v) is 2.86. The molecule has 0 rings (SSSR count). The molecule has 0 aliphatic heterocycles. The summed E-state index contributed by atoms with van der Waals surface area (Å²) in [7, 11) is 3.86. The molecule has 0 radical (unpaired) electrons. The topological polar surface area (TPSA) is 35.8 Å². The molecule has 3 nitrogen and oxygen atoms in total. The van der Waals surface area contributed by atoms with Crippen molar-refractivity contribution >= 4 is 6.21 Å². The first kappa shape index (κ1) is 8.43. The van der Waals surface area contributed by atoms with Crippen molar-refractivity contribution in [2.45, 2.75) is 19.4 Å². The smallest absolute Gasteiger partial charge is 0.0633 e. The van der Waals surface area contributed by atoms with Crippen LogP contribution in [0.5, 0.6) is 0 Å². The molecular weight excluding hydrogens is 116 g/mol. The van der Waals surface area contributed by atoms with E-state index in [0.29, 0.717) is 0 Å². The lowest BCUT2D eigenvalue weighted by atomic mass is 10.1. The van der Waals surface area contributed by atoms with E-state index in [1.54, 1.807) is 0 Å². The van der Waals surface area contributed by atoms with Crippen LogP contribution in [0.1, 0.15) is 13.8 Å². The van der Waals surface area contributed by atoms with Gasteiger partial charge >= 0.3 is 0 Å². The van der Waals surface area contributed by atoms with Gasteiger partial charge in [-0.25, -0.2) is 0 Å². The van der Waals surface area contributed by atoms with Crippen molar-refractivity contribution in [2.75, 3.05) is 14.1 Å². The van der Waals surface area contributed by atoms with Crippen LogP contribution in [-0.2, 0) is 0 Å². The van der Waals surface area contributed by atoms with Gasteiger partial charge in [0.1, 0.15) is 0 Å². The maximum Gasteiger partial charge on any atom is 0.0633 e. The first-order chi connectivity index (χ1) is 4.00. The molecule has 0 atom stereocenters. The van der Waals surface area contributed by atoms with E-state index in [1.165, 1.54) is 6.21 Å². The molecule has 0 fully saturated rings. The van der Waals surface area contributed by atoms with Crippen LogP contribution in [0.15, 0.2) is 5.16 Å². The second kappa shape index (κ2) is 2.82. The van der Waals surface area contributed by atoms with Crippen molar-refractivity contribution < 1.29 is 5.21 Å². The lowest BCUT2D eigenvalue weighted by Crippen LogP contribution is -2.39. The summed E-state index contributed by atoms with van der Waals surface area (Å²) in [5.41, 5.74) is -0.158. The molecule has 0 saturated heterocycles. The SMILES string of the molecule is CN(C)C(C)(C)/C=N\O. The molecule has 0 bridgehead atoms. The Morgan fingerprint density at radius 2 is 1.89 bits per heavy atom. The van der Waals surface area contributed by atoms with Gasteiger partial charge in [-0.3, -0.25) is 4.90 Å². The van der Waals surface area contributed by atoms with Gasteiger partial charge in [0.15, 0.2) is 0 Å². The van der Waals surface area contributed by atoms with E-state index in [2.05, 4.69) is 5.16 Å². The number of oxime groups is 1. The van der Waals surface area contributed by atoms with Gasteiger partial charge < -0.3 is 5.21 Å². The van der Waals surface area contributed by atoms with Crippen LogP contribution in [0.4, 0.5) is 0 Å². The minimum atomic E-state index is -0.158. The van der Waals surface area contributed by atoms with Crippen molar-refractivity contribution in [3.05, 3.63) is 0 Å². The highest BCUT2D eigenvalue weighted by molar-refractivity contribution is 5.67. The van der Waals surface area contributed by atoms with E-state index in [-0.39, 0.29) is 5.54 Å². The van der Waals surface area contributed by atoms with Crippen LogP contribution in [0.3, 0.4) is 0 Å². The summed E-state index contributed by atoms with van der Waals surface area (Å²) in [6.07, 6.45) is 1.49. The third kappa shape index (κ3) is 2.46. The molecule has 1 N–H and O–H groups in total. The highest BCUT2D eigenvalue weighted by Crippen LogP contribution is 2.04. The van der Waals surface area contributed by atoms with Gasteiger partial charge in [0.25, 0.3) is 0 Å². The van der Waals surface area contributed by atoms with Crippen LogP contribution in [0.25, 0.3) is 0 Å². The Kier molecular flexibility index (Phi) is 2.65. The molecule has 0 aliphatic carbocycles. The Morgan fingerprint density at radius 3 is 2.00 bits per heavy atom. The molecule has 0 unspecified atom stereocenters. The van der Waals surface area contributed by atoms with E-state index in [9.17, 15) is 0 Å². The molecule has 0 saturated carbocycles. The van der Waals surface area contributed by atoms with Crippen LogP contribution < -0.4 is 0 Å². The molecule has 9 heavy (non-hydrogen) atoms. The fourth-order valence-electron chi connectivity index (χ4n) is 0.257. The fraction of sp³-hybridized carbons (Fsp3) is 0.833. The standard InChI is InChI=1S/C6H14N2O/c1-6(2,5-7-9)8(3)4/h5,9H,1-4H3/b7-5-. The van der Waals surface area contributed by atoms with Gasteiger partial charge in [-0.15, -0.1) is 5.16 Å². The van der Waals surface area contributed by atoms with Gasteiger partial charge in [0.2, 0.25) is 0 Å². The van der Waals surface area contributed by atoms with Crippen molar-refractivity contribution in [2.24, 2.45) is 5.16 Å². The molecular formula is C6H14N2O. The molecule has 3 heteroatoms. The predicted octanol–water partition coefficient (Wildman–Crippen LogP) is 0.787. The van der Waals surface area contributed by atoms with Gasteiger partial charge in [-0.05, 0) is 27.9 Å². The van der Waals surface area contributed by atoms with Crippen LogP contribution in [0, 0.1) is 0 Å². The third-order valence-electron chi connectivity index (χ3n) is 1.53. The largest absolute Gasteiger partial charge is 0.411 e. The van der Waals surface area contributed by atoms with E-state index >= 15 is 0 Å². The fourth-order valence-corrected chi connectivity index (χ4v) is 0.257. The lowest BCUT2D eigenvalue weighted by Gasteiger charge is -2.27. The summed E-state index contributed by atoms with van der Waals surface area (Å²) in [5, 5.41) is 11.2. The summed E-state index contributed by atoms with van der Waals surface area (Å²) in [6.45, 7) is 3.93. The molecule has 54 valence electrons. The number of hydrogen-bond acceptors (Lipinski definition) is 3. The van der Waals surface area contributed by atoms with E-state index in [0.717, 1.165) is 0 Å². The predicted molar refractivity (Wildman–Crippen MR) is 38.0 cm³/mol. The van der Waals surface area contributed by atoms with E-state index in [4.69, 9.17) is 5.21 Å². The Hall–Kier alpha value is -0.570. The molecule has 0 aromatic rings. The number of nitrogens with zero attached hydrogens (tertiary/aromatic N) is 2. The maximum absolute atomic E-state index is 8.19. The normalized spacial score (nSPS) is 13.4. The van der Waals surface area contributed by atoms with Gasteiger partial charge in [-0.2, -0.15) is 0 Å². The monoisotopic (exact) mass is 130 g/mol. The van der Waals surface area contributed by atoms with E-state index in [1.807, 2.05) is 32.8 Å². The summed E-state index contributed by atoms with van der Waals surface area (Å²) in [5.74, 6) is 0. The van der Waals surface area contributed by atoms with Crippen LogP contribution in [0.2, 0.25) is 0 Å². The summed E-state index contributed by atoms with van der Waals surface area (Å²) in [6, 6.07) is 0. The van der Waals surface area contributed by atoms with Crippen LogP contribution >= 0.6 is 0 Å². The Morgan fingerprint density at radius 1 is 1.44 bits per heavy atom. The third-order valence-corrected chi connectivity index (χ3v) is 1.53. The number of rotatable bonds is 2. The molecule has 0 amide bonds. The molecule has 0 aromatic carbocycles. The molecule has 0 aliphatic rings. The summed E-state index contributed by atoms with van der Waals surface area (Å²) >= 11 is 0. The zero-order valence-electron chi connectivity index (χ0n) is 6.42. The quantitative estimate of drug-likeness (QED) is 0.341. The second-order valence-electron chi connectivity index (χ2n) is 2.79. The average molecular weight is 130 g/mol. The zero-order chi connectivity index (χ0) is 7.49. The number of hydrogen-bond donors (Lipinski definition) is 1. The Balaban J connectivity index is 4.01. The minimum Gasteiger partial charge on any atom is -0.411 e. The zero-order valence-corrected chi connectivity index (χ0v) is 6.42. The van der Waals surface area contributed by atoms with Gasteiger partial charge in [0.05, 0.1) is 11.8 Å². The first-order valence-electron chi connectivity index (χ1n) is 2.86. The van der Waals surface area contributed by atoms with Crippen molar-refractivity contribution in [3.63, 3.8) is 0 Å². The maximum atomic E-state index is 8.19. The Labute approximate surface area is 56.0 Å². The van der Waals surface area contributed by atoms with Gasteiger partial charge in [0, 0.05) is 0 Å². The minimum absolute atomic E-state index is 0.158. The molecule has 0 aromatic heterocycles. The lowest BCUT2D eigenvalue weighted by molar-refractivity contribution is 0.262.